The van der Waals surface area contributed by atoms with Crippen molar-refractivity contribution < 1.29 is 4.42 Å². The Labute approximate surface area is 317 Å². The molecule has 11 rings (SSSR count). The van der Waals surface area contributed by atoms with E-state index < -0.39 is 0 Å². The minimum atomic E-state index is -0.310. The highest BCUT2D eigenvalue weighted by atomic mass is 16.3. The molecule has 1 aliphatic heterocycles. The van der Waals surface area contributed by atoms with Crippen LogP contribution in [0.25, 0.3) is 76.5 Å². The maximum absolute atomic E-state index is 6.25. The number of furan rings is 1. The zero-order valence-electron chi connectivity index (χ0n) is 29.6. The zero-order chi connectivity index (χ0) is 36.3. The fourth-order valence-corrected chi connectivity index (χ4v) is 8.26. The maximum Gasteiger partial charge on any atom is 0.159 e. The Kier molecular flexibility index (Phi) is 7.17. The van der Waals surface area contributed by atoms with Crippen molar-refractivity contribution in [3.05, 3.63) is 199 Å². The van der Waals surface area contributed by atoms with Crippen LogP contribution >= 0.6 is 0 Å². The number of nitrogens with zero attached hydrogens (tertiary/aromatic N) is 3. The summed E-state index contributed by atoms with van der Waals surface area (Å²) in [5, 5.41) is 12.9. The molecule has 10 aromatic rings. The van der Waals surface area contributed by atoms with Crippen LogP contribution in [0.5, 0.6) is 0 Å². The highest BCUT2D eigenvalue weighted by Gasteiger charge is 2.24. The van der Waals surface area contributed by atoms with Gasteiger partial charge in [0.1, 0.15) is 23.2 Å². The van der Waals surface area contributed by atoms with Gasteiger partial charge in [-0.2, -0.15) is 0 Å². The van der Waals surface area contributed by atoms with E-state index in [2.05, 4.69) is 150 Å². The standard InChI is InChI=1S/C50H32N4O/c1-2-12-32(13-3-1)48-52-49(34-22-21-31-11-4-5-14-33(31)29-34)54-50(53-48)43-26-25-40(37-17-8-9-18-38(37)43)39-23-24-41(36-16-7-6-15-35(36)39)42-19-10-20-46-47(42)44-30-51-28-27-45(44)55-46/h1-30,49H,(H,52,53,54). The monoisotopic (exact) mass is 704 g/mol. The molecule has 0 radical (unpaired) electrons. The fourth-order valence-electron chi connectivity index (χ4n) is 8.26. The average Bonchev–Trinajstić information content (AvgIpc) is 3.65. The molecule has 0 spiro atoms. The largest absolute Gasteiger partial charge is 0.456 e. The van der Waals surface area contributed by atoms with E-state index in [0.29, 0.717) is 5.84 Å². The van der Waals surface area contributed by atoms with E-state index in [9.17, 15) is 0 Å². The molecule has 0 amide bonds. The maximum atomic E-state index is 6.25. The van der Waals surface area contributed by atoms with Gasteiger partial charge in [-0.15, -0.1) is 0 Å². The van der Waals surface area contributed by atoms with Crippen molar-refractivity contribution >= 4 is 65.9 Å². The van der Waals surface area contributed by atoms with Crippen LogP contribution in [0.2, 0.25) is 0 Å². The number of aromatic nitrogens is 1. The van der Waals surface area contributed by atoms with E-state index in [4.69, 9.17) is 14.4 Å². The third-order valence-electron chi connectivity index (χ3n) is 10.8. The van der Waals surface area contributed by atoms with Crippen molar-refractivity contribution in [3.63, 3.8) is 0 Å². The summed E-state index contributed by atoms with van der Waals surface area (Å²) in [6.07, 6.45) is 3.37. The lowest BCUT2D eigenvalue weighted by Crippen LogP contribution is -2.33. The summed E-state index contributed by atoms with van der Waals surface area (Å²) in [6.45, 7) is 0. The number of amidine groups is 2. The smallest absolute Gasteiger partial charge is 0.159 e. The van der Waals surface area contributed by atoms with Crippen LogP contribution < -0.4 is 5.32 Å². The van der Waals surface area contributed by atoms with Crippen LogP contribution in [-0.2, 0) is 0 Å². The third-order valence-corrected chi connectivity index (χ3v) is 10.8. The molecular formula is C50H32N4O. The average molecular weight is 705 g/mol. The number of hydrogen-bond acceptors (Lipinski definition) is 5. The fraction of sp³-hybridized carbons (Fsp3) is 0.0200. The second-order valence-corrected chi connectivity index (χ2v) is 14.0. The van der Waals surface area contributed by atoms with Crippen molar-refractivity contribution in [1.29, 1.82) is 0 Å². The topological polar surface area (TPSA) is 62.8 Å². The van der Waals surface area contributed by atoms with Crippen LogP contribution in [0, 0.1) is 0 Å². The molecule has 55 heavy (non-hydrogen) atoms. The Morgan fingerprint density at radius 2 is 1.11 bits per heavy atom. The van der Waals surface area contributed by atoms with E-state index >= 15 is 0 Å². The Morgan fingerprint density at radius 1 is 0.473 bits per heavy atom. The van der Waals surface area contributed by atoms with Gasteiger partial charge in [0.15, 0.2) is 5.84 Å². The molecule has 1 atom stereocenters. The molecule has 0 aliphatic carbocycles. The number of fused-ring (bicyclic) bond motifs is 6. The highest BCUT2D eigenvalue weighted by Crippen LogP contribution is 2.43. The molecule has 5 nitrogen and oxygen atoms in total. The van der Waals surface area contributed by atoms with E-state index in [1.54, 1.807) is 6.20 Å². The Hall–Kier alpha value is -7.37. The SMILES string of the molecule is c1ccc(C2=NC(c3ccc4ccccc4c3)NC(c3ccc(-c4ccc(-c5cccc6oc7ccncc7c56)c5ccccc45)c4ccccc34)=N2)cc1. The Bertz CT molecular complexity index is 3200. The molecule has 5 heteroatoms. The molecule has 2 aromatic heterocycles. The van der Waals surface area contributed by atoms with Crippen molar-refractivity contribution in [1.82, 2.24) is 10.3 Å². The summed E-state index contributed by atoms with van der Waals surface area (Å²) < 4.78 is 6.25. The highest BCUT2D eigenvalue weighted by molar-refractivity contribution is 6.21. The minimum Gasteiger partial charge on any atom is -0.456 e. The van der Waals surface area contributed by atoms with E-state index in [0.717, 1.165) is 71.9 Å². The summed E-state index contributed by atoms with van der Waals surface area (Å²) in [7, 11) is 0. The number of hydrogen-bond donors (Lipinski definition) is 1. The molecule has 1 unspecified atom stereocenters. The molecule has 3 heterocycles. The number of pyridine rings is 1. The minimum absolute atomic E-state index is 0.310. The van der Waals surface area contributed by atoms with E-state index in [-0.39, 0.29) is 6.17 Å². The molecule has 1 aliphatic rings. The van der Waals surface area contributed by atoms with Crippen molar-refractivity contribution in [2.75, 3.05) is 0 Å². The molecule has 0 fully saturated rings. The summed E-state index contributed by atoms with van der Waals surface area (Å²) in [4.78, 5) is 14.8. The summed E-state index contributed by atoms with van der Waals surface area (Å²) in [6, 6.07) is 59.8. The van der Waals surface area contributed by atoms with Gasteiger partial charge in [-0.3, -0.25) is 4.98 Å². The predicted octanol–water partition coefficient (Wildman–Crippen LogP) is 12.3. The van der Waals surface area contributed by atoms with E-state index in [1.807, 2.05) is 36.5 Å². The summed E-state index contributed by atoms with van der Waals surface area (Å²) in [5.74, 6) is 1.50. The second kappa shape index (κ2) is 12.6. The van der Waals surface area contributed by atoms with Crippen LogP contribution in [-0.4, -0.2) is 16.7 Å². The van der Waals surface area contributed by atoms with Gasteiger partial charge < -0.3 is 9.73 Å². The van der Waals surface area contributed by atoms with Gasteiger partial charge >= 0.3 is 0 Å². The lowest BCUT2D eigenvalue weighted by atomic mass is 9.88. The quantitative estimate of drug-likeness (QED) is 0.194. The Morgan fingerprint density at radius 3 is 1.85 bits per heavy atom. The van der Waals surface area contributed by atoms with Crippen LogP contribution in [0.4, 0.5) is 0 Å². The second-order valence-electron chi connectivity index (χ2n) is 14.0. The van der Waals surface area contributed by atoms with Crippen LogP contribution in [0.15, 0.2) is 197 Å². The van der Waals surface area contributed by atoms with Gasteiger partial charge in [0.25, 0.3) is 0 Å². The van der Waals surface area contributed by atoms with Gasteiger partial charge in [0.2, 0.25) is 0 Å². The Balaban J connectivity index is 1.06. The predicted molar refractivity (Wildman–Crippen MR) is 227 cm³/mol. The number of aliphatic imine (C=N–C) groups is 2. The van der Waals surface area contributed by atoms with Crippen LogP contribution in [0.3, 0.4) is 0 Å². The molecule has 8 aromatic carbocycles. The number of nitrogens with one attached hydrogen (secondary N) is 1. The van der Waals surface area contributed by atoms with Gasteiger partial charge in [-0.1, -0.05) is 152 Å². The molecule has 0 saturated carbocycles. The molecule has 0 bridgehead atoms. The van der Waals surface area contributed by atoms with Crippen molar-refractivity contribution in [2.24, 2.45) is 9.98 Å². The zero-order valence-corrected chi connectivity index (χ0v) is 29.6. The summed E-state index contributed by atoms with van der Waals surface area (Å²) >= 11 is 0. The first kappa shape index (κ1) is 31.2. The van der Waals surface area contributed by atoms with Gasteiger partial charge in [0.05, 0.1) is 0 Å². The van der Waals surface area contributed by atoms with Crippen LogP contribution in [0.1, 0.15) is 22.9 Å². The van der Waals surface area contributed by atoms with E-state index in [1.165, 1.54) is 27.1 Å². The summed E-state index contributed by atoms with van der Waals surface area (Å²) in [5.41, 5.74) is 9.42. The number of rotatable bonds is 5. The first-order valence-electron chi connectivity index (χ1n) is 18.5. The molecule has 0 saturated heterocycles. The lowest BCUT2D eigenvalue weighted by Gasteiger charge is -2.25. The van der Waals surface area contributed by atoms with Crippen molar-refractivity contribution in [3.8, 4) is 22.3 Å². The normalized spacial score (nSPS) is 14.4. The molecule has 258 valence electrons. The third kappa shape index (κ3) is 5.20. The molecule has 1 N–H and O–H groups in total. The first-order chi connectivity index (χ1) is 27.3. The number of benzene rings is 8. The van der Waals surface area contributed by atoms with Gasteiger partial charge in [0, 0.05) is 34.3 Å². The van der Waals surface area contributed by atoms with Gasteiger partial charge in [-0.25, -0.2) is 9.98 Å². The van der Waals surface area contributed by atoms with Gasteiger partial charge in [-0.05, 0) is 78.3 Å². The lowest BCUT2D eigenvalue weighted by molar-refractivity contribution is 0.668. The first-order valence-corrected chi connectivity index (χ1v) is 18.5. The molecular weight excluding hydrogens is 673 g/mol. The van der Waals surface area contributed by atoms with Crippen molar-refractivity contribution in [2.45, 2.75) is 6.17 Å².